The first-order chi connectivity index (χ1) is 11.3. The minimum atomic E-state index is -2.53. The van der Waals surface area contributed by atoms with Crippen molar-refractivity contribution in [2.45, 2.75) is 19.8 Å². The maximum Gasteiger partial charge on any atom is 0.506 e. The Morgan fingerprint density at radius 3 is 2.21 bits per heavy atom. The van der Waals surface area contributed by atoms with E-state index in [0.717, 1.165) is 18.0 Å². The number of methoxy groups -OCH3 is 1. The highest BCUT2D eigenvalue weighted by atomic mass is 31.1. The minimum Gasteiger partial charge on any atom is -0.497 e. The van der Waals surface area contributed by atoms with Gasteiger partial charge in [0.2, 0.25) is 0 Å². The summed E-state index contributed by atoms with van der Waals surface area (Å²) in [4.78, 5) is 28.9. The molecule has 0 aliphatic heterocycles. The van der Waals surface area contributed by atoms with Crippen LogP contribution in [0.3, 0.4) is 0 Å². The molecule has 0 heterocycles. The summed E-state index contributed by atoms with van der Waals surface area (Å²) in [6.45, 7) is 3.02. The summed E-state index contributed by atoms with van der Waals surface area (Å²) in [5.41, 5.74) is 1.13. The summed E-state index contributed by atoms with van der Waals surface area (Å²) in [7, 11) is -0.858. The Hall–Kier alpha value is -2.18. The van der Waals surface area contributed by atoms with Crippen LogP contribution < -0.4 is 10.1 Å². The van der Waals surface area contributed by atoms with E-state index in [1.54, 1.807) is 7.11 Å². The molecule has 2 atom stereocenters. The number of carbonyl (C=O) groups is 2. The quantitative estimate of drug-likeness (QED) is 0.493. The van der Waals surface area contributed by atoms with Crippen LogP contribution in [0.5, 0.6) is 5.75 Å². The average Bonchev–Trinajstić information content (AvgIpc) is 2.52. The zero-order valence-electron chi connectivity index (χ0n) is 13.6. The van der Waals surface area contributed by atoms with Gasteiger partial charge in [0.25, 0.3) is 0 Å². The predicted octanol–water partition coefficient (Wildman–Crippen LogP) is 2.41. The predicted molar refractivity (Wildman–Crippen MR) is 89.8 cm³/mol. The lowest BCUT2D eigenvalue weighted by Gasteiger charge is -2.03. The van der Waals surface area contributed by atoms with E-state index in [-0.39, 0.29) is 12.8 Å². The van der Waals surface area contributed by atoms with Gasteiger partial charge in [-0.3, -0.25) is 9.59 Å². The van der Waals surface area contributed by atoms with Crippen molar-refractivity contribution in [3.05, 3.63) is 24.3 Å². The first kappa shape index (κ1) is 21.8. The van der Waals surface area contributed by atoms with Crippen LogP contribution in [0.25, 0.3) is 0 Å². The summed E-state index contributed by atoms with van der Waals surface area (Å²) in [6, 6.07) is 7.89. The van der Waals surface area contributed by atoms with Crippen LogP contribution in [0, 0.1) is 5.92 Å². The second kappa shape index (κ2) is 12.3. The van der Waals surface area contributed by atoms with Crippen LogP contribution in [0.4, 0.5) is 5.69 Å². The van der Waals surface area contributed by atoms with Crippen molar-refractivity contribution in [2.75, 3.05) is 25.1 Å². The third-order valence-corrected chi connectivity index (χ3v) is 3.66. The fourth-order valence-corrected chi connectivity index (χ4v) is 2.41. The number of rotatable bonds is 9. The van der Waals surface area contributed by atoms with E-state index >= 15 is 0 Å². The van der Waals surface area contributed by atoms with E-state index in [1.807, 2.05) is 24.3 Å². The molecule has 0 fully saturated rings. The molecule has 1 aromatic carbocycles. The lowest BCUT2D eigenvalue weighted by Crippen LogP contribution is -2.17. The molecule has 0 saturated carbocycles. The third-order valence-electron chi connectivity index (χ3n) is 2.90. The molecule has 2 unspecified atom stereocenters. The highest BCUT2D eigenvalue weighted by Gasteiger charge is 2.28. The third kappa shape index (κ3) is 10.5. The summed E-state index contributed by atoms with van der Waals surface area (Å²) in [6.07, 6.45) is -0.815. The summed E-state index contributed by atoms with van der Waals surface area (Å²) < 4.78 is 15.3. The number of carboxylic acids is 2. The van der Waals surface area contributed by atoms with Crippen molar-refractivity contribution in [1.29, 1.82) is 0 Å². The van der Waals surface area contributed by atoms with E-state index in [4.69, 9.17) is 19.8 Å². The van der Waals surface area contributed by atoms with Crippen molar-refractivity contribution >= 4 is 25.7 Å². The molecule has 0 bridgehead atoms. The standard InChI is InChI=1S/C9H13NO.C6H9O6P/c1-3-10-8-4-6-9(11-2)7-5-8;7-5(8)2-1-4(6(9)10)3-13(11)12/h4-7,10H,3H2,1-2H3;4H,1-3H2,(H2-,7,8,9,10,11,12)/p+1. The first-order valence-electron chi connectivity index (χ1n) is 7.26. The molecule has 0 spiro atoms. The minimum absolute atomic E-state index is 0.119. The maximum atomic E-state index is 10.4. The van der Waals surface area contributed by atoms with Crippen LogP contribution in [0.2, 0.25) is 0 Å². The molecule has 0 radical (unpaired) electrons. The van der Waals surface area contributed by atoms with Crippen molar-refractivity contribution < 1.29 is 34.0 Å². The second-order valence-electron chi connectivity index (χ2n) is 4.76. The van der Waals surface area contributed by atoms with Crippen molar-refractivity contribution in [2.24, 2.45) is 5.92 Å². The second-order valence-corrected chi connectivity index (χ2v) is 5.83. The Bertz CT molecular complexity index is 533. The van der Waals surface area contributed by atoms with Gasteiger partial charge in [-0.15, -0.1) is 0 Å². The molecule has 0 aliphatic carbocycles. The number of aliphatic carboxylic acids is 2. The SMILES string of the molecule is CCNc1ccc(OC)cc1.O=C(O)CCC(C[P+](=O)O)C(=O)O. The van der Waals surface area contributed by atoms with Gasteiger partial charge in [0.1, 0.15) is 11.7 Å². The maximum absolute atomic E-state index is 10.4. The van der Waals surface area contributed by atoms with Gasteiger partial charge in [-0.05, 0) is 42.2 Å². The zero-order valence-corrected chi connectivity index (χ0v) is 14.5. The fraction of sp³-hybridized carbons (Fsp3) is 0.467. The summed E-state index contributed by atoms with van der Waals surface area (Å²) >= 11 is 0. The molecule has 24 heavy (non-hydrogen) atoms. The van der Waals surface area contributed by atoms with Gasteiger partial charge >= 0.3 is 20.0 Å². The van der Waals surface area contributed by atoms with Gasteiger partial charge in [-0.1, -0.05) is 0 Å². The number of carboxylic acid groups (broad SMARTS) is 2. The Morgan fingerprint density at radius 2 is 1.83 bits per heavy atom. The van der Waals surface area contributed by atoms with Crippen molar-refractivity contribution in [3.8, 4) is 5.75 Å². The van der Waals surface area contributed by atoms with Crippen LogP contribution in [-0.2, 0) is 14.2 Å². The summed E-state index contributed by atoms with van der Waals surface area (Å²) in [5, 5.41) is 20.0. The molecular formula is C15H23NO7P+. The fourth-order valence-electron chi connectivity index (χ4n) is 1.69. The van der Waals surface area contributed by atoms with Gasteiger partial charge < -0.3 is 20.3 Å². The van der Waals surface area contributed by atoms with Crippen molar-refractivity contribution in [1.82, 2.24) is 0 Å². The van der Waals surface area contributed by atoms with Crippen LogP contribution >= 0.6 is 8.03 Å². The Morgan fingerprint density at radius 1 is 1.25 bits per heavy atom. The van der Waals surface area contributed by atoms with E-state index < -0.39 is 32.0 Å². The molecule has 0 aromatic heterocycles. The van der Waals surface area contributed by atoms with Crippen LogP contribution in [-0.4, -0.2) is 46.9 Å². The smallest absolute Gasteiger partial charge is 0.497 e. The van der Waals surface area contributed by atoms with E-state index in [2.05, 4.69) is 12.2 Å². The van der Waals surface area contributed by atoms with Gasteiger partial charge in [0.05, 0.1) is 7.11 Å². The number of nitrogens with one attached hydrogen (secondary N) is 1. The van der Waals surface area contributed by atoms with E-state index in [1.165, 1.54) is 0 Å². The molecular weight excluding hydrogens is 337 g/mol. The zero-order chi connectivity index (χ0) is 18.5. The molecule has 9 heteroatoms. The highest BCUT2D eigenvalue weighted by Crippen LogP contribution is 2.21. The number of ether oxygens (including phenoxy) is 1. The Balaban J connectivity index is 0.000000446. The topological polar surface area (TPSA) is 133 Å². The first-order valence-corrected chi connectivity index (χ1v) is 8.65. The highest BCUT2D eigenvalue weighted by molar-refractivity contribution is 7.38. The normalized spacial score (nSPS) is 11.5. The molecule has 0 saturated heterocycles. The molecule has 0 amide bonds. The number of benzene rings is 1. The van der Waals surface area contributed by atoms with Gasteiger partial charge in [0, 0.05) is 18.7 Å². The largest absolute Gasteiger partial charge is 0.506 e. The number of anilines is 1. The lowest BCUT2D eigenvalue weighted by atomic mass is 10.1. The number of hydrogen-bond acceptors (Lipinski definition) is 5. The Labute approximate surface area is 141 Å². The molecule has 134 valence electrons. The molecule has 0 aliphatic rings. The Kier molecular flexibility index (Phi) is 11.2. The van der Waals surface area contributed by atoms with Crippen LogP contribution in [0.1, 0.15) is 19.8 Å². The van der Waals surface area contributed by atoms with Gasteiger partial charge in [-0.2, -0.15) is 4.89 Å². The molecule has 4 N–H and O–H groups in total. The molecule has 8 nitrogen and oxygen atoms in total. The van der Waals surface area contributed by atoms with Gasteiger partial charge in [-0.25, -0.2) is 0 Å². The van der Waals surface area contributed by atoms with E-state index in [0.29, 0.717) is 0 Å². The van der Waals surface area contributed by atoms with Crippen LogP contribution in [0.15, 0.2) is 24.3 Å². The average molecular weight is 360 g/mol. The lowest BCUT2D eigenvalue weighted by molar-refractivity contribution is -0.142. The number of hydrogen-bond donors (Lipinski definition) is 4. The van der Waals surface area contributed by atoms with Crippen molar-refractivity contribution in [3.63, 3.8) is 0 Å². The van der Waals surface area contributed by atoms with Gasteiger partial charge in [0.15, 0.2) is 6.16 Å². The molecule has 1 rings (SSSR count). The molecule has 1 aromatic rings. The monoisotopic (exact) mass is 360 g/mol. The summed E-state index contributed by atoms with van der Waals surface area (Å²) in [5.74, 6) is -2.51. The van der Waals surface area contributed by atoms with E-state index in [9.17, 15) is 14.2 Å².